The average Bonchev–Trinajstić information content (AvgIpc) is 2.75. The molecule has 1 N–H and O–H groups in total. The number of nitrogens with zero attached hydrogens (tertiary/aromatic N) is 1. The summed E-state index contributed by atoms with van der Waals surface area (Å²) in [6, 6.07) is 1.75. The maximum absolute atomic E-state index is 11.9. The third kappa shape index (κ3) is 3.56. The lowest BCUT2D eigenvalue weighted by Gasteiger charge is -2.27. The molecule has 1 rings (SSSR count). The van der Waals surface area contributed by atoms with Crippen molar-refractivity contribution >= 4 is 11.7 Å². The molecule has 0 fully saturated rings. The molecule has 1 aromatic rings. The van der Waals surface area contributed by atoms with Crippen LogP contribution in [0, 0.1) is 5.41 Å². The van der Waals surface area contributed by atoms with Gasteiger partial charge in [0.15, 0.2) is 5.82 Å². The van der Waals surface area contributed by atoms with E-state index in [0.717, 1.165) is 0 Å². The maximum atomic E-state index is 11.9. The fourth-order valence-electron chi connectivity index (χ4n) is 1.44. The summed E-state index contributed by atoms with van der Waals surface area (Å²) < 4.78 is 10.7. The highest BCUT2D eigenvalue weighted by atomic mass is 16.5. The van der Waals surface area contributed by atoms with Gasteiger partial charge >= 0.3 is 0 Å². The number of carbonyl (C=O) groups is 1. The lowest BCUT2D eigenvalue weighted by Crippen LogP contribution is -2.32. The molecule has 108 valence electrons. The fraction of sp³-hybridized carbons (Fsp3) is 0.714. The Labute approximate surface area is 114 Å². The van der Waals surface area contributed by atoms with Gasteiger partial charge in [0.2, 0.25) is 5.91 Å². The zero-order valence-corrected chi connectivity index (χ0v) is 12.8. The molecule has 0 aliphatic heterocycles. The van der Waals surface area contributed by atoms with Gasteiger partial charge in [-0.2, -0.15) is 0 Å². The molecule has 0 saturated heterocycles. The average molecular weight is 268 g/mol. The Morgan fingerprint density at radius 1 is 1.37 bits per heavy atom. The van der Waals surface area contributed by atoms with Crippen LogP contribution in [0.2, 0.25) is 0 Å². The Morgan fingerprint density at radius 2 is 1.95 bits per heavy atom. The Bertz CT molecular complexity index is 444. The molecule has 1 atom stereocenters. The van der Waals surface area contributed by atoms with Crippen LogP contribution in [0.15, 0.2) is 10.6 Å². The monoisotopic (exact) mass is 268 g/mol. The molecule has 0 aromatic carbocycles. The van der Waals surface area contributed by atoms with Crippen LogP contribution in [0.5, 0.6) is 0 Å². The number of rotatable bonds is 4. The van der Waals surface area contributed by atoms with E-state index >= 15 is 0 Å². The minimum Gasteiger partial charge on any atom is -0.381 e. The number of carbonyl (C=O) groups excluding carboxylic acids is 1. The molecule has 0 radical (unpaired) electrons. The van der Waals surface area contributed by atoms with Gasteiger partial charge in [-0.25, -0.2) is 0 Å². The summed E-state index contributed by atoms with van der Waals surface area (Å²) in [6.45, 7) is 11.5. The molecule has 1 aromatic heterocycles. The summed E-state index contributed by atoms with van der Waals surface area (Å²) in [7, 11) is 1.66. The quantitative estimate of drug-likeness (QED) is 0.911. The Hall–Kier alpha value is -1.36. The predicted octanol–water partition coefficient (Wildman–Crippen LogP) is 2.97. The van der Waals surface area contributed by atoms with Crippen molar-refractivity contribution in [2.75, 3.05) is 12.4 Å². The lowest BCUT2D eigenvalue weighted by atomic mass is 9.84. The lowest BCUT2D eigenvalue weighted by molar-refractivity contribution is -0.123. The Kier molecular flexibility index (Phi) is 4.40. The van der Waals surface area contributed by atoms with Crippen molar-refractivity contribution in [3.8, 4) is 0 Å². The van der Waals surface area contributed by atoms with E-state index in [1.807, 2.05) is 41.5 Å². The molecule has 19 heavy (non-hydrogen) atoms. The molecule has 0 bridgehead atoms. The molecule has 1 heterocycles. The SMILES string of the molecule is CO[C@@H](C)C(C)(C)c1cc(NC(=O)C(C)(C)C)no1. The normalized spacial score (nSPS) is 14.3. The molecular formula is C14H24N2O3. The highest BCUT2D eigenvalue weighted by Crippen LogP contribution is 2.30. The van der Waals surface area contributed by atoms with Crippen LogP contribution in [0.25, 0.3) is 0 Å². The van der Waals surface area contributed by atoms with Crippen LogP contribution < -0.4 is 5.32 Å². The van der Waals surface area contributed by atoms with Gasteiger partial charge in [-0.05, 0) is 6.92 Å². The summed E-state index contributed by atoms with van der Waals surface area (Å²) in [4.78, 5) is 11.9. The van der Waals surface area contributed by atoms with E-state index < -0.39 is 5.41 Å². The molecule has 5 heteroatoms. The second kappa shape index (κ2) is 5.33. The van der Waals surface area contributed by atoms with Gasteiger partial charge in [0.1, 0.15) is 5.76 Å². The number of methoxy groups -OCH3 is 1. The number of anilines is 1. The van der Waals surface area contributed by atoms with E-state index in [-0.39, 0.29) is 17.4 Å². The summed E-state index contributed by atoms with van der Waals surface area (Å²) >= 11 is 0. The first-order chi connectivity index (χ1) is 8.59. The highest BCUT2D eigenvalue weighted by Gasteiger charge is 2.33. The maximum Gasteiger partial charge on any atom is 0.230 e. The number of amides is 1. The van der Waals surface area contributed by atoms with E-state index in [4.69, 9.17) is 9.26 Å². The summed E-state index contributed by atoms with van der Waals surface area (Å²) in [6.07, 6.45) is -0.0217. The number of ether oxygens (including phenoxy) is 1. The molecule has 0 aliphatic carbocycles. The van der Waals surface area contributed by atoms with Crippen LogP contribution in [-0.4, -0.2) is 24.3 Å². The molecule has 1 amide bonds. The Balaban J connectivity index is 2.86. The molecule has 0 saturated carbocycles. The van der Waals surface area contributed by atoms with Crippen molar-refractivity contribution in [3.05, 3.63) is 11.8 Å². The van der Waals surface area contributed by atoms with Crippen molar-refractivity contribution < 1.29 is 14.1 Å². The van der Waals surface area contributed by atoms with Crippen molar-refractivity contribution in [1.29, 1.82) is 0 Å². The van der Waals surface area contributed by atoms with Gasteiger partial charge in [-0.3, -0.25) is 4.79 Å². The zero-order valence-electron chi connectivity index (χ0n) is 12.8. The predicted molar refractivity (Wildman–Crippen MR) is 74.1 cm³/mol. The van der Waals surface area contributed by atoms with Gasteiger partial charge in [0.05, 0.1) is 11.5 Å². The molecule has 0 aliphatic rings. The second-order valence-corrected chi connectivity index (χ2v) is 6.38. The molecule has 0 unspecified atom stereocenters. The van der Waals surface area contributed by atoms with Crippen molar-refractivity contribution in [1.82, 2.24) is 5.16 Å². The Morgan fingerprint density at radius 3 is 2.42 bits per heavy atom. The second-order valence-electron chi connectivity index (χ2n) is 6.38. The number of nitrogens with one attached hydrogen (secondary N) is 1. The van der Waals surface area contributed by atoms with Crippen molar-refractivity contribution in [2.45, 2.75) is 53.1 Å². The summed E-state index contributed by atoms with van der Waals surface area (Å²) in [5.41, 5.74) is -0.777. The van der Waals surface area contributed by atoms with Gasteiger partial charge in [-0.15, -0.1) is 0 Å². The minimum absolute atomic E-state index is 0.0217. The van der Waals surface area contributed by atoms with E-state index in [1.165, 1.54) is 0 Å². The first kappa shape index (κ1) is 15.7. The van der Waals surface area contributed by atoms with E-state index in [1.54, 1.807) is 13.2 Å². The first-order valence-electron chi connectivity index (χ1n) is 6.40. The van der Waals surface area contributed by atoms with Crippen LogP contribution in [0.4, 0.5) is 5.82 Å². The standard InChI is InChI=1S/C14H24N2O3/c1-9(18-7)14(5,6)10-8-11(16-19-10)15-12(17)13(2,3)4/h8-9H,1-7H3,(H,15,16,17)/t9-/m0/s1. The molecule has 5 nitrogen and oxygen atoms in total. The van der Waals surface area contributed by atoms with E-state index in [0.29, 0.717) is 11.6 Å². The molecular weight excluding hydrogens is 244 g/mol. The summed E-state index contributed by atoms with van der Waals surface area (Å²) in [5.74, 6) is 1.03. The van der Waals surface area contributed by atoms with Gasteiger partial charge < -0.3 is 14.6 Å². The van der Waals surface area contributed by atoms with Crippen LogP contribution >= 0.6 is 0 Å². The van der Waals surface area contributed by atoms with Gasteiger partial charge in [-0.1, -0.05) is 39.8 Å². The number of hydrogen-bond donors (Lipinski definition) is 1. The van der Waals surface area contributed by atoms with Gasteiger partial charge in [0, 0.05) is 18.6 Å². The van der Waals surface area contributed by atoms with Crippen LogP contribution in [-0.2, 0) is 14.9 Å². The zero-order chi connectivity index (χ0) is 14.8. The van der Waals surface area contributed by atoms with E-state index in [9.17, 15) is 4.79 Å². The highest BCUT2D eigenvalue weighted by molar-refractivity contribution is 5.93. The van der Waals surface area contributed by atoms with Crippen molar-refractivity contribution in [2.24, 2.45) is 5.41 Å². The fourth-order valence-corrected chi connectivity index (χ4v) is 1.44. The van der Waals surface area contributed by atoms with Crippen molar-refractivity contribution in [3.63, 3.8) is 0 Å². The third-order valence-corrected chi connectivity index (χ3v) is 3.44. The largest absolute Gasteiger partial charge is 0.381 e. The van der Waals surface area contributed by atoms with Gasteiger partial charge in [0.25, 0.3) is 0 Å². The molecule has 0 spiro atoms. The minimum atomic E-state index is -0.464. The third-order valence-electron chi connectivity index (χ3n) is 3.44. The first-order valence-corrected chi connectivity index (χ1v) is 6.40. The summed E-state index contributed by atoms with van der Waals surface area (Å²) in [5, 5.41) is 6.64. The van der Waals surface area contributed by atoms with Crippen LogP contribution in [0.3, 0.4) is 0 Å². The van der Waals surface area contributed by atoms with Crippen LogP contribution in [0.1, 0.15) is 47.3 Å². The topological polar surface area (TPSA) is 64.4 Å². The number of aromatic nitrogens is 1. The number of hydrogen-bond acceptors (Lipinski definition) is 4. The van der Waals surface area contributed by atoms with E-state index in [2.05, 4.69) is 10.5 Å². The smallest absolute Gasteiger partial charge is 0.230 e.